The van der Waals surface area contributed by atoms with Gasteiger partial charge in [-0.2, -0.15) is 4.68 Å². The molecule has 0 atom stereocenters. The number of nitrogens with one attached hydrogen (secondary N) is 1. The number of carbonyl (C=O) groups is 1. The summed E-state index contributed by atoms with van der Waals surface area (Å²) in [6, 6.07) is 1.32. The molecule has 1 fully saturated rings. The number of rotatable bonds is 5. The van der Waals surface area contributed by atoms with E-state index in [0.717, 1.165) is 17.8 Å². The van der Waals surface area contributed by atoms with Crippen molar-refractivity contribution in [2.45, 2.75) is 32.2 Å². The van der Waals surface area contributed by atoms with Crippen molar-refractivity contribution in [2.75, 3.05) is 5.32 Å². The molecule has 1 aliphatic rings. The molecule has 0 aliphatic heterocycles. The summed E-state index contributed by atoms with van der Waals surface area (Å²) < 4.78 is 1.29. The predicted octanol–water partition coefficient (Wildman–Crippen LogP) is 1.47. The first-order valence-corrected chi connectivity index (χ1v) is 7.16. The normalized spacial score (nSPS) is 14.1. The zero-order valence-corrected chi connectivity index (χ0v) is 12.0. The lowest BCUT2D eigenvalue weighted by molar-refractivity contribution is -0.389. The molecule has 2 aromatic heterocycles. The number of anilines is 1. The number of nitrogens with zero attached hydrogens (tertiary/aromatic N) is 5. The van der Waals surface area contributed by atoms with Gasteiger partial charge in [-0.3, -0.25) is 10.1 Å². The van der Waals surface area contributed by atoms with Gasteiger partial charge in [-0.1, -0.05) is 11.3 Å². The standard InChI is InChI=1S/C11H12N6O3S/c1-6-4-8(17(19)20)15-16(6)5-9(18)12-11-14-13-10(21-11)7-2-3-7/h4,7H,2-3,5H2,1H3,(H,12,14,18). The van der Waals surface area contributed by atoms with Gasteiger partial charge < -0.3 is 10.1 Å². The van der Waals surface area contributed by atoms with Gasteiger partial charge in [-0.05, 0) is 24.7 Å². The van der Waals surface area contributed by atoms with Crippen LogP contribution in [0.25, 0.3) is 0 Å². The lowest BCUT2D eigenvalue weighted by Gasteiger charge is -1.99. The minimum Gasteiger partial charge on any atom is -0.358 e. The van der Waals surface area contributed by atoms with Crippen LogP contribution in [0.5, 0.6) is 0 Å². The Morgan fingerprint density at radius 3 is 2.95 bits per heavy atom. The molecule has 110 valence electrons. The molecule has 3 rings (SSSR count). The third-order valence-corrected chi connectivity index (χ3v) is 4.06. The van der Waals surface area contributed by atoms with Crippen LogP contribution in [0, 0.1) is 17.0 Å². The van der Waals surface area contributed by atoms with Gasteiger partial charge >= 0.3 is 5.82 Å². The molecule has 0 radical (unpaired) electrons. The van der Waals surface area contributed by atoms with Crippen LogP contribution in [0.15, 0.2) is 6.07 Å². The smallest absolute Gasteiger partial charge is 0.358 e. The van der Waals surface area contributed by atoms with E-state index < -0.39 is 4.92 Å². The predicted molar refractivity (Wildman–Crippen MR) is 74.1 cm³/mol. The summed E-state index contributed by atoms with van der Waals surface area (Å²) >= 11 is 1.36. The van der Waals surface area contributed by atoms with Crippen molar-refractivity contribution in [2.24, 2.45) is 0 Å². The number of carbonyl (C=O) groups excluding carboxylic acids is 1. The Bertz CT molecular complexity index is 705. The Morgan fingerprint density at radius 1 is 1.57 bits per heavy atom. The molecule has 2 heterocycles. The number of aromatic nitrogens is 4. The first kappa shape index (κ1) is 13.6. The third-order valence-electron chi connectivity index (χ3n) is 3.06. The molecule has 1 saturated carbocycles. The van der Waals surface area contributed by atoms with E-state index in [1.54, 1.807) is 6.92 Å². The second-order valence-electron chi connectivity index (χ2n) is 4.83. The fraction of sp³-hybridized carbons (Fsp3) is 0.455. The topological polar surface area (TPSA) is 116 Å². The molecular formula is C11H12N6O3S. The number of hydrogen-bond donors (Lipinski definition) is 1. The quantitative estimate of drug-likeness (QED) is 0.660. The summed E-state index contributed by atoms with van der Waals surface area (Å²) in [7, 11) is 0. The van der Waals surface area contributed by atoms with Gasteiger partial charge in [0.2, 0.25) is 11.0 Å². The number of amides is 1. The number of hydrogen-bond acceptors (Lipinski definition) is 7. The summed E-state index contributed by atoms with van der Waals surface area (Å²) in [4.78, 5) is 21.9. The van der Waals surface area contributed by atoms with Gasteiger partial charge in [0.1, 0.15) is 11.6 Å². The molecule has 0 bridgehead atoms. The molecule has 0 unspecified atom stereocenters. The van der Waals surface area contributed by atoms with Gasteiger partial charge in [-0.25, -0.2) is 0 Å². The van der Waals surface area contributed by atoms with E-state index >= 15 is 0 Å². The van der Waals surface area contributed by atoms with Gasteiger partial charge in [0.15, 0.2) is 0 Å². The van der Waals surface area contributed by atoms with Crippen molar-refractivity contribution < 1.29 is 9.72 Å². The monoisotopic (exact) mass is 308 g/mol. The van der Waals surface area contributed by atoms with Crippen LogP contribution in [-0.2, 0) is 11.3 Å². The highest BCUT2D eigenvalue weighted by molar-refractivity contribution is 7.15. The van der Waals surface area contributed by atoms with Crippen molar-refractivity contribution in [1.82, 2.24) is 20.0 Å². The average molecular weight is 308 g/mol. The molecule has 9 nitrogen and oxygen atoms in total. The molecule has 10 heteroatoms. The van der Waals surface area contributed by atoms with Gasteiger partial charge in [-0.15, -0.1) is 10.2 Å². The fourth-order valence-electron chi connectivity index (χ4n) is 1.82. The highest BCUT2D eigenvalue weighted by atomic mass is 32.1. The zero-order valence-electron chi connectivity index (χ0n) is 11.1. The van der Waals surface area contributed by atoms with Gasteiger partial charge in [0.25, 0.3) is 0 Å². The molecular weight excluding hydrogens is 296 g/mol. The van der Waals surface area contributed by atoms with Crippen LogP contribution in [0.2, 0.25) is 0 Å². The van der Waals surface area contributed by atoms with Crippen LogP contribution in [-0.4, -0.2) is 30.8 Å². The van der Waals surface area contributed by atoms with Gasteiger partial charge in [0.05, 0.1) is 16.9 Å². The molecule has 1 amide bonds. The third kappa shape index (κ3) is 3.05. The largest absolute Gasteiger partial charge is 0.390 e. The maximum absolute atomic E-state index is 11.9. The van der Waals surface area contributed by atoms with Crippen molar-refractivity contribution in [3.05, 3.63) is 26.9 Å². The van der Waals surface area contributed by atoms with Crippen LogP contribution in [0.1, 0.15) is 29.5 Å². The van der Waals surface area contributed by atoms with Crippen LogP contribution >= 0.6 is 11.3 Å². The molecule has 1 aliphatic carbocycles. The van der Waals surface area contributed by atoms with Crippen molar-refractivity contribution in [3.63, 3.8) is 0 Å². The molecule has 0 spiro atoms. The number of nitro groups is 1. The summed E-state index contributed by atoms with van der Waals surface area (Å²) in [6.45, 7) is 1.56. The lowest BCUT2D eigenvalue weighted by atomic mass is 10.4. The molecule has 2 aromatic rings. The second-order valence-corrected chi connectivity index (χ2v) is 5.84. The maximum atomic E-state index is 11.9. The van der Waals surface area contributed by atoms with E-state index in [-0.39, 0.29) is 18.3 Å². The average Bonchev–Trinajstić information content (AvgIpc) is 3.07. The Labute approximate surface area is 123 Å². The van der Waals surface area contributed by atoms with E-state index in [1.807, 2.05) is 0 Å². The van der Waals surface area contributed by atoms with E-state index in [1.165, 1.54) is 22.1 Å². The minimum atomic E-state index is -0.589. The zero-order chi connectivity index (χ0) is 15.0. The highest BCUT2D eigenvalue weighted by Gasteiger charge is 2.28. The Morgan fingerprint density at radius 2 is 2.33 bits per heavy atom. The molecule has 0 saturated heterocycles. The van der Waals surface area contributed by atoms with E-state index in [4.69, 9.17) is 0 Å². The Kier molecular flexibility index (Phi) is 3.37. The van der Waals surface area contributed by atoms with Crippen LogP contribution < -0.4 is 5.32 Å². The van der Waals surface area contributed by atoms with Crippen molar-refractivity contribution >= 4 is 28.2 Å². The second kappa shape index (κ2) is 5.20. The summed E-state index contributed by atoms with van der Waals surface area (Å²) in [6.07, 6.45) is 2.25. The SMILES string of the molecule is Cc1cc([N+](=O)[O-])nn1CC(=O)Nc1nnc(C2CC2)s1. The number of aryl methyl sites for hydroxylation is 1. The first-order chi connectivity index (χ1) is 10.0. The maximum Gasteiger partial charge on any atom is 0.390 e. The lowest BCUT2D eigenvalue weighted by Crippen LogP contribution is -2.20. The summed E-state index contributed by atoms with van der Waals surface area (Å²) in [5.74, 6) is -0.119. The Hall–Kier alpha value is -2.36. The van der Waals surface area contributed by atoms with Gasteiger partial charge in [0, 0.05) is 5.92 Å². The minimum absolute atomic E-state index is 0.0992. The van der Waals surface area contributed by atoms with E-state index in [9.17, 15) is 14.9 Å². The van der Waals surface area contributed by atoms with Crippen LogP contribution in [0.4, 0.5) is 10.9 Å². The summed E-state index contributed by atoms with van der Waals surface area (Å²) in [5, 5.41) is 26.3. The van der Waals surface area contributed by atoms with Crippen molar-refractivity contribution in [1.29, 1.82) is 0 Å². The van der Waals surface area contributed by atoms with Crippen molar-refractivity contribution in [3.8, 4) is 0 Å². The summed E-state index contributed by atoms with van der Waals surface area (Å²) in [5.41, 5.74) is 0.549. The Balaban J connectivity index is 1.64. The molecule has 1 N–H and O–H groups in total. The molecule has 21 heavy (non-hydrogen) atoms. The highest BCUT2D eigenvalue weighted by Crippen LogP contribution is 2.41. The first-order valence-electron chi connectivity index (χ1n) is 6.35. The van der Waals surface area contributed by atoms with E-state index in [2.05, 4.69) is 20.6 Å². The fourth-order valence-corrected chi connectivity index (χ4v) is 2.75. The van der Waals surface area contributed by atoms with E-state index in [0.29, 0.717) is 16.7 Å². The molecule has 0 aromatic carbocycles. The van der Waals surface area contributed by atoms with Crippen LogP contribution in [0.3, 0.4) is 0 Å².